The molecule has 0 saturated heterocycles. The Bertz CT molecular complexity index is 221. The van der Waals surface area contributed by atoms with E-state index in [9.17, 15) is 18.0 Å². The van der Waals surface area contributed by atoms with Gasteiger partial charge in [-0.15, -0.1) is 0 Å². The molecule has 0 fully saturated rings. The summed E-state index contributed by atoms with van der Waals surface area (Å²) in [5.74, 6) is -4.25. The monoisotopic (exact) mass is 243 g/mol. The molecule has 0 aromatic rings. The molecule has 96 valence electrons. The number of halogens is 3. The van der Waals surface area contributed by atoms with Crippen LogP contribution in [0.4, 0.5) is 13.2 Å². The van der Waals surface area contributed by atoms with Crippen molar-refractivity contribution in [2.24, 2.45) is 5.92 Å². The Balaban J connectivity index is 4.00. The lowest BCUT2D eigenvalue weighted by atomic mass is 10.1. The van der Waals surface area contributed by atoms with Gasteiger partial charge in [0.05, 0.1) is 6.10 Å². The zero-order valence-electron chi connectivity index (χ0n) is 9.17. The average Bonchev–Trinajstić information content (AvgIpc) is 2.10. The molecule has 0 rings (SSSR count). The zero-order valence-corrected chi connectivity index (χ0v) is 9.17. The molecule has 2 N–H and O–H groups in total. The van der Waals surface area contributed by atoms with E-state index < -0.39 is 24.6 Å². The summed E-state index contributed by atoms with van der Waals surface area (Å²) in [7, 11) is 0. The Morgan fingerprint density at radius 1 is 1.44 bits per heavy atom. The number of carbonyl (C=O) groups is 1. The van der Waals surface area contributed by atoms with Gasteiger partial charge in [0.25, 0.3) is 0 Å². The number of hydrogen-bond acceptors (Lipinski definition) is 3. The van der Waals surface area contributed by atoms with Gasteiger partial charge in [0.2, 0.25) is 0 Å². The number of nitrogens with one attached hydrogen (secondary N) is 1. The third-order valence-electron chi connectivity index (χ3n) is 1.92. The van der Waals surface area contributed by atoms with Gasteiger partial charge < -0.3 is 15.2 Å². The molecule has 7 heteroatoms. The third-order valence-corrected chi connectivity index (χ3v) is 1.92. The molecule has 0 aliphatic heterocycles. The number of carboxylic acid groups (broad SMARTS) is 1. The van der Waals surface area contributed by atoms with Gasteiger partial charge in [-0.05, 0) is 13.8 Å². The second-order valence-corrected chi connectivity index (χ2v) is 3.36. The number of aliphatic carboxylic acids is 1. The third kappa shape index (κ3) is 5.92. The molecule has 16 heavy (non-hydrogen) atoms. The van der Waals surface area contributed by atoms with E-state index in [1.165, 1.54) is 0 Å². The van der Waals surface area contributed by atoms with Gasteiger partial charge >= 0.3 is 12.1 Å². The molecule has 0 aliphatic rings. The molecule has 0 radical (unpaired) electrons. The number of carboxylic acids is 1. The molecule has 0 aromatic carbocycles. The molecular weight excluding hydrogens is 227 g/mol. The van der Waals surface area contributed by atoms with Crippen molar-refractivity contribution in [3.05, 3.63) is 0 Å². The molecular formula is C9H16F3NO3. The maximum absolute atomic E-state index is 12.2. The van der Waals surface area contributed by atoms with Crippen LogP contribution >= 0.6 is 0 Å². The fraction of sp³-hybridized carbons (Fsp3) is 0.889. The SMILES string of the molecule is CCOC(C)CNCC(C(=O)O)C(F)(F)F. The quantitative estimate of drug-likeness (QED) is 0.706. The van der Waals surface area contributed by atoms with Crippen LogP contribution in [0.5, 0.6) is 0 Å². The van der Waals surface area contributed by atoms with Crippen molar-refractivity contribution < 1.29 is 27.8 Å². The summed E-state index contributed by atoms with van der Waals surface area (Å²) in [6, 6.07) is 0. The van der Waals surface area contributed by atoms with Crippen LogP contribution in [0.2, 0.25) is 0 Å². The molecule has 2 atom stereocenters. The molecule has 0 amide bonds. The van der Waals surface area contributed by atoms with Gasteiger partial charge in [-0.2, -0.15) is 13.2 Å². The van der Waals surface area contributed by atoms with Gasteiger partial charge in [-0.25, -0.2) is 0 Å². The number of rotatable bonds is 7. The minimum Gasteiger partial charge on any atom is -0.481 e. The summed E-state index contributed by atoms with van der Waals surface area (Å²) < 4.78 is 41.7. The molecule has 0 bridgehead atoms. The fourth-order valence-electron chi connectivity index (χ4n) is 1.12. The summed E-state index contributed by atoms with van der Waals surface area (Å²) in [5, 5.41) is 10.8. The second kappa shape index (κ2) is 6.70. The smallest absolute Gasteiger partial charge is 0.403 e. The lowest BCUT2D eigenvalue weighted by molar-refractivity contribution is -0.192. The topological polar surface area (TPSA) is 58.6 Å². The van der Waals surface area contributed by atoms with Crippen molar-refractivity contribution in [2.45, 2.75) is 26.1 Å². The second-order valence-electron chi connectivity index (χ2n) is 3.36. The summed E-state index contributed by atoms with van der Waals surface area (Å²) in [4.78, 5) is 10.4. The van der Waals surface area contributed by atoms with Gasteiger partial charge in [-0.1, -0.05) is 0 Å². The van der Waals surface area contributed by atoms with Crippen LogP contribution < -0.4 is 5.32 Å². The van der Waals surface area contributed by atoms with E-state index in [4.69, 9.17) is 9.84 Å². The van der Waals surface area contributed by atoms with Crippen LogP contribution in [0.25, 0.3) is 0 Å². The van der Waals surface area contributed by atoms with E-state index in [0.717, 1.165) is 0 Å². The highest BCUT2D eigenvalue weighted by Gasteiger charge is 2.44. The first kappa shape index (κ1) is 15.2. The van der Waals surface area contributed by atoms with Crippen molar-refractivity contribution in [3.63, 3.8) is 0 Å². The van der Waals surface area contributed by atoms with Crippen molar-refractivity contribution in [1.82, 2.24) is 5.32 Å². The normalized spacial score (nSPS) is 15.8. The summed E-state index contributed by atoms with van der Waals surface area (Å²) in [5.41, 5.74) is 0. The van der Waals surface area contributed by atoms with Crippen molar-refractivity contribution >= 4 is 5.97 Å². The molecule has 0 heterocycles. The van der Waals surface area contributed by atoms with Crippen LogP contribution in [0.15, 0.2) is 0 Å². The lowest BCUT2D eigenvalue weighted by Gasteiger charge is -2.18. The first-order valence-corrected chi connectivity index (χ1v) is 4.90. The van der Waals surface area contributed by atoms with Gasteiger partial charge in [0.15, 0.2) is 5.92 Å². The summed E-state index contributed by atoms with van der Waals surface area (Å²) in [6.07, 6.45) is -4.97. The van der Waals surface area contributed by atoms with E-state index in [2.05, 4.69) is 5.32 Å². The number of ether oxygens (including phenoxy) is 1. The highest BCUT2D eigenvalue weighted by Crippen LogP contribution is 2.25. The standard InChI is InChI=1S/C9H16F3NO3/c1-3-16-6(2)4-13-5-7(8(14)15)9(10,11)12/h6-7,13H,3-5H2,1-2H3,(H,14,15). The Hall–Kier alpha value is -0.820. The summed E-state index contributed by atoms with van der Waals surface area (Å²) in [6.45, 7) is 3.47. The largest absolute Gasteiger partial charge is 0.481 e. The summed E-state index contributed by atoms with van der Waals surface area (Å²) >= 11 is 0. The van der Waals surface area contributed by atoms with Gasteiger partial charge in [-0.3, -0.25) is 4.79 Å². The Labute approximate surface area is 91.8 Å². The van der Waals surface area contributed by atoms with Crippen molar-refractivity contribution in [3.8, 4) is 0 Å². The van der Waals surface area contributed by atoms with Crippen LogP contribution in [-0.2, 0) is 9.53 Å². The average molecular weight is 243 g/mol. The van der Waals surface area contributed by atoms with Crippen molar-refractivity contribution in [1.29, 1.82) is 0 Å². The van der Waals surface area contributed by atoms with Gasteiger partial charge in [0.1, 0.15) is 0 Å². The van der Waals surface area contributed by atoms with Crippen LogP contribution in [0, 0.1) is 5.92 Å². The minimum absolute atomic E-state index is 0.188. The van der Waals surface area contributed by atoms with E-state index in [1.807, 2.05) is 0 Å². The molecule has 0 saturated carbocycles. The van der Waals surface area contributed by atoms with Crippen molar-refractivity contribution in [2.75, 3.05) is 19.7 Å². The van der Waals surface area contributed by atoms with Crippen LogP contribution in [0.1, 0.15) is 13.8 Å². The molecule has 0 aliphatic carbocycles. The van der Waals surface area contributed by atoms with E-state index in [-0.39, 0.29) is 12.6 Å². The Morgan fingerprint density at radius 2 is 2.00 bits per heavy atom. The maximum atomic E-state index is 12.2. The first-order valence-electron chi connectivity index (χ1n) is 4.90. The predicted octanol–water partition coefficient (Wildman–Crippen LogP) is 1.26. The predicted molar refractivity (Wildman–Crippen MR) is 51.1 cm³/mol. The van der Waals surface area contributed by atoms with Gasteiger partial charge in [0, 0.05) is 19.7 Å². The van der Waals surface area contributed by atoms with E-state index in [0.29, 0.717) is 6.61 Å². The van der Waals surface area contributed by atoms with E-state index >= 15 is 0 Å². The van der Waals surface area contributed by atoms with E-state index in [1.54, 1.807) is 13.8 Å². The number of hydrogen-bond donors (Lipinski definition) is 2. The molecule has 0 spiro atoms. The minimum atomic E-state index is -4.73. The Morgan fingerprint density at radius 3 is 2.38 bits per heavy atom. The molecule has 4 nitrogen and oxygen atoms in total. The number of alkyl halides is 3. The van der Waals surface area contributed by atoms with Crippen LogP contribution in [-0.4, -0.2) is 43.1 Å². The highest BCUT2D eigenvalue weighted by atomic mass is 19.4. The fourth-order valence-corrected chi connectivity index (χ4v) is 1.12. The molecule has 0 aromatic heterocycles. The maximum Gasteiger partial charge on any atom is 0.403 e. The highest BCUT2D eigenvalue weighted by molar-refractivity contribution is 5.71. The molecule has 2 unspecified atom stereocenters. The Kier molecular flexibility index (Phi) is 6.35. The zero-order chi connectivity index (χ0) is 12.8. The first-order chi connectivity index (χ1) is 7.29. The van der Waals surface area contributed by atoms with Crippen LogP contribution in [0.3, 0.4) is 0 Å². The lowest BCUT2D eigenvalue weighted by Crippen LogP contribution is -2.41.